The number of aromatic hydroxyl groups is 1. The normalized spacial score (nSPS) is 15.9. The quantitative estimate of drug-likeness (QED) is 0.713. The van der Waals surface area contributed by atoms with Crippen LogP contribution >= 0.6 is 11.3 Å². The zero-order chi connectivity index (χ0) is 18.4. The van der Waals surface area contributed by atoms with E-state index in [2.05, 4.69) is 33.9 Å². The molecule has 3 rings (SSSR count). The van der Waals surface area contributed by atoms with Crippen LogP contribution in [-0.4, -0.2) is 47.7 Å². The number of piperazine rings is 1. The number of rotatable bonds is 8. The number of ether oxygens (including phenoxy) is 1. The standard InChI is InChI=1S/C21H28N2O2S/c1-3-6-17-13-19(25-4-2)14-18(21(17)24)15-22-8-10-23(11-9-22)16-20-7-5-12-26-20/h3,5,7,12-14,24H,1,4,6,8-11,15-16H2,2H3. The summed E-state index contributed by atoms with van der Waals surface area (Å²) in [5, 5.41) is 12.8. The van der Waals surface area contributed by atoms with Gasteiger partial charge in [-0.05, 0) is 36.9 Å². The number of nitrogens with zero attached hydrogens (tertiary/aromatic N) is 2. The largest absolute Gasteiger partial charge is 0.507 e. The van der Waals surface area contributed by atoms with E-state index in [4.69, 9.17) is 4.74 Å². The summed E-state index contributed by atoms with van der Waals surface area (Å²) >= 11 is 1.82. The molecule has 1 aromatic heterocycles. The minimum atomic E-state index is 0.384. The van der Waals surface area contributed by atoms with Gasteiger partial charge in [0.25, 0.3) is 0 Å². The maximum Gasteiger partial charge on any atom is 0.123 e. The van der Waals surface area contributed by atoms with Gasteiger partial charge in [0.1, 0.15) is 11.5 Å². The van der Waals surface area contributed by atoms with Crippen molar-refractivity contribution in [2.75, 3.05) is 32.8 Å². The molecule has 0 unspecified atom stereocenters. The molecule has 0 bridgehead atoms. The average molecular weight is 373 g/mol. The highest BCUT2D eigenvalue weighted by Crippen LogP contribution is 2.30. The van der Waals surface area contributed by atoms with E-state index >= 15 is 0 Å². The van der Waals surface area contributed by atoms with Crippen molar-refractivity contribution in [1.82, 2.24) is 9.80 Å². The average Bonchev–Trinajstić information content (AvgIpc) is 3.14. The molecule has 26 heavy (non-hydrogen) atoms. The Morgan fingerprint density at radius 2 is 1.85 bits per heavy atom. The first-order valence-electron chi connectivity index (χ1n) is 9.25. The van der Waals surface area contributed by atoms with Crippen LogP contribution in [0.4, 0.5) is 0 Å². The van der Waals surface area contributed by atoms with E-state index in [-0.39, 0.29) is 0 Å². The van der Waals surface area contributed by atoms with Gasteiger partial charge in [0, 0.05) is 55.3 Å². The van der Waals surface area contributed by atoms with Crippen LogP contribution in [-0.2, 0) is 19.5 Å². The summed E-state index contributed by atoms with van der Waals surface area (Å²) in [7, 11) is 0. The molecule has 0 amide bonds. The van der Waals surface area contributed by atoms with Gasteiger partial charge in [-0.15, -0.1) is 17.9 Å². The van der Waals surface area contributed by atoms with Gasteiger partial charge in [-0.2, -0.15) is 0 Å². The van der Waals surface area contributed by atoms with Gasteiger partial charge in [-0.3, -0.25) is 9.80 Å². The Kier molecular flexibility index (Phi) is 6.72. The molecule has 2 heterocycles. The number of phenolic OH excluding ortho intramolecular Hbond substituents is 1. The second-order valence-electron chi connectivity index (χ2n) is 6.65. The van der Waals surface area contributed by atoms with Crippen molar-refractivity contribution in [3.63, 3.8) is 0 Å². The van der Waals surface area contributed by atoms with E-state index < -0.39 is 0 Å². The summed E-state index contributed by atoms with van der Waals surface area (Å²) in [5.74, 6) is 1.21. The fourth-order valence-electron chi connectivity index (χ4n) is 3.38. The molecule has 2 aromatic rings. The van der Waals surface area contributed by atoms with Crippen molar-refractivity contribution in [2.24, 2.45) is 0 Å². The van der Waals surface area contributed by atoms with Crippen molar-refractivity contribution < 1.29 is 9.84 Å². The van der Waals surface area contributed by atoms with Gasteiger partial charge < -0.3 is 9.84 Å². The first-order chi connectivity index (χ1) is 12.7. The third-order valence-electron chi connectivity index (χ3n) is 4.73. The Morgan fingerprint density at radius 3 is 2.46 bits per heavy atom. The van der Waals surface area contributed by atoms with Crippen LogP contribution in [0.1, 0.15) is 22.9 Å². The zero-order valence-electron chi connectivity index (χ0n) is 15.5. The van der Waals surface area contributed by atoms with Gasteiger partial charge in [0.15, 0.2) is 0 Å². The fourth-order valence-corrected chi connectivity index (χ4v) is 4.13. The highest BCUT2D eigenvalue weighted by molar-refractivity contribution is 7.09. The SMILES string of the molecule is C=CCc1cc(OCC)cc(CN2CCN(Cc3cccs3)CC2)c1O. The van der Waals surface area contributed by atoms with E-state index in [0.717, 1.165) is 56.1 Å². The highest BCUT2D eigenvalue weighted by atomic mass is 32.1. The van der Waals surface area contributed by atoms with Crippen LogP contribution < -0.4 is 4.74 Å². The lowest BCUT2D eigenvalue weighted by Crippen LogP contribution is -2.45. The van der Waals surface area contributed by atoms with E-state index in [9.17, 15) is 5.11 Å². The van der Waals surface area contributed by atoms with E-state index in [1.807, 2.05) is 36.5 Å². The minimum absolute atomic E-state index is 0.384. The van der Waals surface area contributed by atoms with Crippen LogP contribution in [0.15, 0.2) is 42.3 Å². The zero-order valence-corrected chi connectivity index (χ0v) is 16.3. The molecule has 0 saturated carbocycles. The third-order valence-corrected chi connectivity index (χ3v) is 5.60. The highest BCUT2D eigenvalue weighted by Gasteiger charge is 2.19. The maximum atomic E-state index is 10.6. The predicted octanol–water partition coefficient (Wildman–Crippen LogP) is 3.90. The lowest BCUT2D eigenvalue weighted by Gasteiger charge is -2.34. The Hall–Kier alpha value is -1.82. The molecule has 1 N–H and O–H groups in total. The molecule has 1 aromatic carbocycles. The third kappa shape index (κ3) is 4.87. The molecule has 1 aliphatic heterocycles. The lowest BCUT2D eigenvalue weighted by atomic mass is 10.0. The first kappa shape index (κ1) is 19.0. The van der Waals surface area contributed by atoms with E-state index in [1.54, 1.807) is 0 Å². The number of benzene rings is 1. The number of thiophene rings is 1. The molecule has 0 aliphatic carbocycles. The van der Waals surface area contributed by atoms with Gasteiger partial charge in [-0.25, -0.2) is 0 Å². The lowest BCUT2D eigenvalue weighted by molar-refractivity contribution is 0.122. The van der Waals surface area contributed by atoms with Crippen LogP contribution in [0.2, 0.25) is 0 Å². The number of allylic oxidation sites excluding steroid dienone is 1. The summed E-state index contributed by atoms with van der Waals surface area (Å²) < 4.78 is 5.68. The summed E-state index contributed by atoms with van der Waals surface area (Å²) in [4.78, 5) is 6.34. The van der Waals surface area contributed by atoms with Crippen molar-refractivity contribution in [2.45, 2.75) is 26.4 Å². The van der Waals surface area contributed by atoms with Crippen LogP contribution in [0.3, 0.4) is 0 Å². The van der Waals surface area contributed by atoms with Crippen molar-refractivity contribution in [1.29, 1.82) is 0 Å². The molecule has 1 aliphatic rings. The van der Waals surface area contributed by atoms with E-state index in [1.165, 1.54) is 4.88 Å². The molecule has 0 atom stereocenters. The summed E-state index contributed by atoms with van der Waals surface area (Å²) in [6.07, 6.45) is 2.46. The molecule has 1 fully saturated rings. The van der Waals surface area contributed by atoms with Crippen molar-refractivity contribution >= 4 is 11.3 Å². The number of hydrogen-bond acceptors (Lipinski definition) is 5. The van der Waals surface area contributed by atoms with Crippen LogP contribution in [0.25, 0.3) is 0 Å². The molecule has 1 saturated heterocycles. The minimum Gasteiger partial charge on any atom is -0.507 e. The van der Waals surface area contributed by atoms with Gasteiger partial charge >= 0.3 is 0 Å². The molecule has 0 radical (unpaired) electrons. The Labute approximate surface area is 160 Å². The van der Waals surface area contributed by atoms with Crippen molar-refractivity contribution in [3.8, 4) is 11.5 Å². The second-order valence-corrected chi connectivity index (χ2v) is 7.68. The fraction of sp³-hybridized carbons (Fsp3) is 0.429. The number of phenols is 1. The summed E-state index contributed by atoms with van der Waals surface area (Å²) in [6.45, 7) is 12.3. The summed E-state index contributed by atoms with van der Waals surface area (Å²) in [6, 6.07) is 8.22. The van der Waals surface area contributed by atoms with Crippen LogP contribution in [0, 0.1) is 0 Å². The molecular formula is C21H28N2O2S. The Balaban J connectivity index is 1.62. The topological polar surface area (TPSA) is 35.9 Å². The smallest absolute Gasteiger partial charge is 0.123 e. The predicted molar refractivity (Wildman–Crippen MR) is 108 cm³/mol. The first-order valence-corrected chi connectivity index (χ1v) is 10.1. The molecular weight excluding hydrogens is 344 g/mol. The van der Waals surface area contributed by atoms with E-state index in [0.29, 0.717) is 18.8 Å². The molecule has 4 nitrogen and oxygen atoms in total. The maximum absolute atomic E-state index is 10.6. The van der Waals surface area contributed by atoms with Gasteiger partial charge in [0.05, 0.1) is 6.61 Å². The number of hydrogen-bond donors (Lipinski definition) is 1. The second kappa shape index (κ2) is 9.21. The summed E-state index contributed by atoms with van der Waals surface area (Å²) in [5.41, 5.74) is 1.83. The molecule has 5 heteroatoms. The molecule has 140 valence electrons. The Morgan fingerprint density at radius 1 is 1.15 bits per heavy atom. The molecule has 0 spiro atoms. The van der Waals surface area contributed by atoms with Gasteiger partial charge in [-0.1, -0.05) is 12.1 Å². The monoisotopic (exact) mass is 372 g/mol. The Bertz CT molecular complexity index is 707. The van der Waals surface area contributed by atoms with Crippen molar-refractivity contribution in [3.05, 3.63) is 58.3 Å². The van der Waals surface area contributed by atoms with Crippen LogP contribution in [0.5, 0.6) is 11.5 Å². The van der Waals surface area contributed by atoms with Gasteiger partial charge in [0.2, 0.25) is 0 Å².